The number of anilines is 1. The van der Waals surface area contributed by atoms with Crippen molar-refractivity contribution in [3.05, 3.63) is 53.8 Å². The number of benzene rings is 2. The van der Waals surface area contributed by atoms with Crippen molar-refractivity contribution in [2.45, 2.75) is 24.3 Å². The van der Waals surface area contributed by atoms with Crippen LogP contribution in [0.2, 0.25) is 0 Å². The van der Waals surface area contributed by atoms with Gasteiger partial charge in [-0.2, -0.15) is 16.5 Å². The third-order valence-electron chi connectivity index (χ3n) is 4.12. The Morgan fingerprint density at radius 3 is 2.76 bits per heavy atom. The van der Waals surface area contributed by atoms with Gasteiger partial charge >= 0.3 is 0 Å². The molecule has 154 valence electrons. The predicted molar refractivity (Wildman–Crippen MR) is 116 cm³/mol. The van der Waals surface area contributed by atoms with E-state index in [1.165, 1.54) is 35.2 Å². The molecule has 1 amide bonds. The van der Waals surface area contributed by atoms with Crippen molar-refractivity contribution >= 4 is 54.4 Å². The molecule has 29 heavy (non-hydrogen) atoms. The highest BCUT2D eigenvalue weighted by molar-refractivity contribution is 7.98. The number of sulfonamides is 1. The minimum absolute atomic E-state index is 0.255. The average molecular weight is 454 g/mol. The molecule has 0 aliphatic rings. The van der Waals surface area contributed by atoms with Gasteiger partial charge in [0, 0.05) is 0 Å². The van der Waals surface area contributed by atoms with Crippen LogP contribution in [0.4, 0.5) is 9.52 Å². The maximum absolute atomic E-state index is 14.0. The minimum Gasteiger partial charge on any atom is -0.301 e. The molecule has 0 fully saturated rings. The molecule has 1 unspecified atom stereocenters. The number of nitrogens with zero attached hydrogens (tertiary/aromatic N) is 1. The Morgan fingerprint density at radius 1 is 1.28 bits per heavy atom. The molecule has 0 aliphatic heterocycles. The summed E-state index contributed by atoms with van der Waals surface area (Å²) in [5.74, 6) is -0.850. The summed E-state index contributed by atoms with van der Waals surface area (Å²) in [6.07, 6.45) is 2.11. The van der Waals surface area contributed by atoms with Crippen LogP contribution in [-0.2, 0) is 14.8 Å². The molecule has 0 saturated heterocycles. The summed E-state index contributed by atoms with van der Waals surface area (Å²) in [6, 6.07) is 9.76. The normalized spacial score (nSPS) is 12.8. The fourth-order valence-corrected chi connectivity index (χ4v) is 5.42. The lowest BCUT2D eigenvalue weighted by molar-refractivity contribution is -0.117. The van der Waals surface area contributed by atoms with Crippen molar-refractivity contribution in [2.24, 2.45) is 0 Å². The minimum atomic E-state index is -4.20. The Balaban J connectivity index is 1.81. The molecule has 0 aliphatic carbocycles. The van der Waals surface area contributed by atoms with Gasteiger partial charge in [-0.1, -0.05) is 29.5 Å². The van der Waals surface area contributed by atoms with Crippen LogP contribution in [0.5, 0.6) is 0 Å². The summed E-state index contributed by atoms with van der Waals surface area (Å²) in [7, 11) is -4.20. The zero-order valence-corrected chi connectivity index (χ0v) is 18.3. The monoisotopic (exact) mass is 453 g/mol. The number of thioether (sulfide) groups is 1. The first-order valence-corrected chi connectivity index (χ1v) is 12.4. The maximum atomic E-state index is 14.0. The number of rotatable bonds is 8. The first kappa shape index (κ1) is 21.7. The molecule has 3 aromatic rings. The first-order chi connectivity index (χ1) is 13.8. The molecule has 0 radical (unpaired) electrons. The second-order valence-corrected chi connectivity index (χ2v) is 10.1. The number of carbonyl (C=O) groups excluding carboxylic acids is 1. The van der Waals surface area contributed by atoms with Gasteiger partial charge < -0.3 is 5.32 Å². The molecule has 2 aromatic carbocycles. The largest absolute Gasteiger partial charge is 0.301 e. The summed E-state index contributed by atoms with van der Waals surface area (Å²) in [5, 5.41) is 3.07. The van der Waals surface area contributed by atoms with Gasteiger partial charge in [0.1, 0.15) is 16.8 Å². The molecule has 1 heterocycles. The molecule has 6 nitrogen and oxygen atoms in total. The number of amides is 1. The van der Waals surface area contributed by atoms with Crippen LogP contribution in [0.3, 0.4) is 0 Å². The smallest absolute Gasteiger partial charge is 0.244 e. The van der Waals surface area contributed by atoms with Crippen LogP contribution < -0.4 is 10.0 Å². The van der Waals surface area contributed by atoms with Crippen LogP contribution in [0.1, 0.15) is 12.0 Å². The standard InChI is InChI=1S/C19H20FN3O3S3/c1-12-7-8-14-16(11-12)28-19(21-14)22-18(24)15(9-10-27-2)23-29(25,26)17-6-4-3-5-13(17)20/h3-8,11,15,23H,9-10H2,1-2H3,(H,21,22,24). The van der Waals surface area contributed by atoms with Gasteiger partial charge in [0.15, 0.2) is 5.13 Å². The number of nitrogens with one attached hydrogen (secondary N) is 2. The molecule has 3 rings (SSSR count). The van der Waals surface area contributed by atoms with E-state index in [0.29, 0.717) is 10.9 Å². The molecular formula is C19H20FN3O3S3. The molecule has 1 atom stereocenters. The van der Waals surface area contributed by atoms with Crippen molar-refractivity contribution in [3.63, 3.8) is 0 Å². The lowest BCUT2D eigenvalue weighted by Crippen LogP contribution is -2.44. The third-order valence-corrected chi connectivity index (χ3v) is 7.21. The van der Waals surface area contributed by atoms with Gasteiger partial charge in [0.2, 0.25) is 15.9 Å². The van der Waals surface area contributed by atoms with Crippen molar-refractivity contribution in [3.8, 4) is 0 Å². The van der Waals surface area contributed by atoms with E-state index in [2.05, 4.69) is 15.0 Å². The number of hydrogen-bond donors (Lipinski definition) is 2. The van der Waals surface area contributed by atoms with Crippen molar-refractivity contribution in [2.75, 3.05) is 17.3 Å². The van der Waals surface area contributed by atoms with E-state index in [-0.39, 0.29) is 6.42 Å². The van der Waals surface area contributed by atoms with Gasteiger partial charge in [0.05, 0.1) is 10.2 Å². The Kier molecular flexibility index (Phi) is 6.89. The molecular weight excluding hydrogens is 433 g/mol. The number of hydrogen-bond acceptors (Lipinski definition) is 6. The fourth-order valence-electron chi connectivity index (χ4n) is 2.67. The molecule has 0 bridgehead atoms. The van der Waals surface area contributed by atoms with Gasteiger partial charge in [-0.05, 0) is 55.2 Å². The van der Waals surface area contributed by atoms with E-state index in [1.807, 2.05) is 31.4 Å². The highest BCUT2D eigenvalue weighted by Gasteiger charge is 2.28. The summed E-state index contributed by atoms with van der Waals surface area (Å²) >= 11 is 2.79. The predicted octanol–water partition coefficient (Wildman–Crippen LogP) is 3.78. The van der Waals surface area contributed by atoms with Crippen LogP contribution in [-0.4, -0.2) is 37.4 Å². The lowest BCUT2D eigenvalue weighted by Gasteiger charge is -2.17. The van der Waals surface area contributed by atoms with Crippen LogP contribution in [0, 0.1) is 12.7 Å². The zero-order chi connectivity index (χ0) is 21.0. The zero-order valence-electron chi connectivity index (χ0n) is 15.8. The third kappa shape index (κ3) is 5.33. The average Bonchev–Trinajstić information content (AvgIpc) is 3.06. The van der Waals surface area contributed by atoms with Gasteiger partial charge in [0.25, 0.3) is 0 Å². The van der Waals surface area contributed by atoms with E-state index in [9.17, 15) is 17.6 Å². The highest BCUT2D eigenvalue weighted by Crippen LogP contribution is 2.27. The summed E-state index contributed by atoms with van der Waals surface area (Å²) < 4.78 is 42.4. The number of thiazole rings is 1. The lowest BCUT2D eigenvalue weighted by atomic mass is 10.2. The van der Waals surface area contributed by atoms with E-state index >= 15 is 0 Å². The summed E-state index contributed by atoms with van der Waals surface area (Å²) in [6.45, 7) is 1.97. The SMILES string of the molecule is CSCCC(NS(=O)(=O)c1ccccc1F)C(=O)Nc1nc2ccc(C)cc2s1. The second kappa shape index (κ2) is 9.21. The van der Waals surface area contributed by atoms with Crippen molar-refractivity contribution in [1.29, 1.82) is 0 Å². The number of carbonyl (C=O) groups is 1. The number of fused-ring (bicyclic) bond motifs is 1. The van der Waals surface area contributed by atoms with Gasteiger partial charge in [-0.15, -0.1) is 0 Å². The Hall–Kier alpha value is -2.01. The topological polar surface area (TPSA) is 88.2 Å². The number of halogens is 1. The molecule has 0 spiro atoms. The van der Waals surface area contributed by atoms with Crippen molar-refractivity contribution < 1.29 is 17.6 Å². The van der Waals surface area contributed by atoms with Crippen molar-refractivity contribution in [1.82, 2.24) is 9.71 Å². The number of aromatic nitrogens is 1. The van der Waals surface area contributed by atoms with E-state index in [4.69, 9.17) is 0 Å². The van der Waals surface area contributed by atoms with E-state index < -0.39 is 32.7 Å². The molecule has 1 aromatic heterocycles. The maximum Gasteiger partial charge on any atom is 0.244 e. The first-order valence-electron chi connectivity index (χ1n) is 8.74. The van der Waals surface area contributed by atoms with E-state index in [1.54, 1.807) is 0 Å². The Bertz CT molecular complexity index is 1130. The van der Waals surface area contributed by atoms with Crippen LogP contribution in [0.15, 0.2) is 47.4 Å². The summed E-state index contributed by atoms with van der Waals surface area (Å²) in [4.78, 5) is 16.7. The van der Waals surface area contributed by atoms with Crippen LogP contribution in [0.25, 0.3) is 10.2 Å². The molecule has 10 heteroatoms. The quantitative estimate of drug-likeness (QED) is 0.542. The Morgan fingerprint density at radius 2 is 2.03 bits per heavy atom. The second-order valence-electron chi connectivity index (χ2n) is 6.37. The molecule has 0 saturated carbocycles. The number of aryl methyl sites for hydroxylation is 1. The van der Waals surface area contributed by atoms with E-state index in [0.717, 1.165) is 27.9 Å². The Labute approximate surface area is 177 Å². The fraction of sp³-hybridized carbons (Fsp3) is 0.263. The van der Waals surface area contributed by atoms with Crippen LogP contribution >= 0.6 is 23.1 Å². The van der Waals surface area contributed by atoms with Gasteiger partial charge in [-0.25, -0.2) is 17.8 Å². The van der Waals surface area contributed by atoms with Gasteiger partial charge in [-0.3, -0.25) is 4.79 Å². The highest BCUT2D eigenvalue weighted by atomic mass is 32.2. The molecule has 2 N–H and O–H groups in total. The summed E-state index contributed by atoms with van der Waals surface area (Å²) in [5.41, 5.74) is 1.83.